The maximum absolute atomic E-state index is 9.32. The van der Waals surface area contributed by atoms with Gasteiger partial charge in [0.1, 0.15) is 0 Å². The fourth-order valence-corrected chi connectivity index (χ4v) is 1.29. The third kappa shape index (κ3) is 5.55. The minimum Gasteiger partial charge on any atom is -0.393 e. The number of aliphatic hydroxyl groups is 1. The van der Waals surface area contributed by atoms with Crippen molar-refractivity contribution in [1.29, 1.82) is 0 Å². The highest BCUT2D eigenvalue weighted by Gasteiger charge is 1.97. The smallest absolute Gasteiger partial charge is 0.0580 e. The molecule has 0 heterocycles. The summed E-state index contributed by atoms with van der Waals surface area (Å²) < 4.78 is 0. The summed E-state index contributed by atoms with van der Waals surface area (Å²) in [5.41, 5.74) is 1.04. The lowest BCUT2D eigenvalue weighted by Gasteiger charge is -2.06. The standard InChI is InChI=1S/C14H19NO/c1-2-14(16)10-12-15-11-6-9-13-7-4-3-5-8-13/h3-5,7-8,14-16H,2,10-12H2,1H3. The molecule has 0 aromatic heterocycles. The van der Waals surface area contributed by atoms with Gasteiger partial charge in [-0.15, -0.1) is 0 Å². The van der Waals surface area contributed by atoms with Crippen LogP contribution in [0.3, 0.4) is 0 Å². The molecule has 0 fully saturated rings. The third-order valence-corrected chi connectivity index (χ3v) is 2.35. The Bertz CT molecular complexity index is 337. The molecular formula is C14H19NO. The Labute approximate surface area is 97.7 Å². The Kier molecular flexibility index (Phi) is 6.32. The van der Waals surface area contributed by atoms with Gasteiger partial charge in [-0.25, -0.2) is 0 Å². The van der Waals surface area contributed by atoms with Crippen LogP contribution in [0.15, 0.2) is 30.3 Å². The summed E-state index contributed by atoms with van der Waals surface area (Å²) in [5, 5.41) is 12.5. The van der Waals surface area contributed by atoms with Crippen molar-refractivity contribution in [2.75, 3.05) is 13.1 Å². The quantitative estimate of drug-likeness (QED) is 0.582. The van der Waals surface area contributed by atoms with Crippen molar-refractivity contribution in [2.24, 2.45) is 0 Å². The number of aliphatic hydroxyl groups excluding tert-OH is 1. The predicted octanol–water partition coefficient (Wildman–Crippen LogP) is 1.79. The number of hydrogen-bond donors (Lipinski definition) is 2. The zero-order valence-corrected chi connectivity index (χ0v) is 9.74. The molecule has 2 nitrogen and oxygen atoms in total. The van der Waals surface area contributed by atoms with Crippen LogP contribution in [-0.4, -0.2) is 24.3 Å². The molecule has 1 aromatic rings. The molecule has 0 spiro atoms. The monoisotopic (exact) mass is 217 g/mol. The van der Waals surface area contributed by atoms with Gasteiger partial charge in [-0.1, -0.05) is 37.0 Å². The second-order valence-corrected chi connectivity index (χ2v) is 3.70. The Morgan fingerprint density at radius 2 is 2.06 bits per heavy atom. The molecule has 0 aliphatic carbocycles. The topological polar surface area (TPSA) is 32.3 Å². The van der Waals surface area contributed by atoms with Gasteiger partial charge in [0, 0.05) is 5.56 Å². The first-order valence-corrected chi connectivity index (χ1v) is 5.75. The van der Waals surface area contributed by atoms with Crippen molar-refractivity contribution in [3.8, 4) is 11.8 Å². The molecule has 0 amide bonds. The van der Waals surface area contributed by atoms with Crippen LogP contribution in [-0.2, 0) is 0 Å². The highest BCUT2D eigenvalue weighted by Crippen LogP contribution is 1.95. The van der Waals surface area contributed by atoms with Crippen molar-refractivity contribution in [3.05, 3.63) is 35.9 Å². The maximum atomic E-state index is 9.32. The minimum atomic E-state index is -0.186. The number of nitrogens with one attached hydrogen (secondary N) is 1. The summed E-state index contributed by atoms with van der Waals surface area (Å²) >= 11 is 0. The first-order chi connectivity index (χ1) is 7.83. The highest BCUT2D eigenvalue weighted by molar-refractivity contribution is 5.33. The van der Waals surface area contributed by atoms with Crippen LogP contribution in [0.1, 0.15) is 25.3 Å². The molecule has 2 heteroatoms. The van der Waals surface area contributed by atoms with Crippen LogP contribution in [0.25, 0.3) is 0 Å². The molecule has 86 valence electrons. The van der Waals surface area contributed by atoms with Crippen LogP contribution in [0.5, 0.6) is 0 Å². The van der Waals surface area contributed by atoms with E-state index in [0.717, 1.165) is 24.9 Å². The molecule has 0 radical (unpaired) electrons. The molecule has 0 saturated heterocycles. The summed E-state index contributed by atoms with van der Waals surface area (Å²) in [4.78, 5) is 0. The summed E-state index contributed by atoms with van der Waals surface area (Å²) in [6.45, 7) is 3.48. The number of rotatable bonds is 5. The average Bonchev–Trinajstić information content (AvgIpc) is 2.34. The Balaban J connectivity index is 2.14. The average molecular weight is 217 g/mol. The van der Waals surface area contributed by atoms with Crippen LogP contribution in [0.2, 0.25) is 0 Å². The highest BCUT2D eigenvalue weighted by atomic mass is 16.3. The fourth-order valence-electron chi connectivity index (χ4n) is 1.29. The van der Waals surface area contributed by atoms with Gasteiger partial charge in [0.25, 0.3) is 0 Å². The third-order valence-electron chi connectivity index (χ3n) is 2.35. The van der Waals surface area contributed by atoms with E-state index in [4.69, 9.17) is 0 Å². The molecule has 2 N–H and O–H groups in total. The summed E-state index contributed by atoms with van der Waals surface area (Å²) in [7, 11) is 0. The van der Waals surface area contributed by atoms with Gasteiger partial charge in [0.05, 0.1) is 12.6 Å². The van der Waals surface area contributed by atoms with Crippen molar-refractivity contribution in [2.45, 2.75) is 25.9 Å². The molecule has 1 unspecified atom stereocenters. The summed E-state index contributed by atoms with van der Waals surface area (Å²) in [6, 6.07) is 9.93. The van der Waals surface area contributed by atoms with Gasteiger partial charge in [0.2, 0.25) is 0 Å². The summed E-state index contributed by atoms with van der Waals surface area (Å²) in [5.74, 6) is 6.12. The van der Waals surface area contributed by atoms with E-state index in [1.807, 2.05) is 37.3 Å². The van der Waals surface area contributed by atoms with E-state index in [1.54, 1.807) is 0 Å². The Morgan fingerprint density at radius 1 is 1.31 bits per heavy atom. The first kappa shape index (κ1) is 12.8. The van der Waals surface area contributed by atoms with E-state index in [2.05, 4.69) is 17.2 Å². The van der Waals surface area contributed by atoms with Crippen LogP contribution in [0, 0.1) is 11.8 Å². The van der Waals surface area contributed by atoms with Crippen LogP contribution >= 0.6 is 0 Å². The van der Waals surface area contributed by atoms with Gasteiger partial charge in [-0.05, 0) is 31.5 Å². The van der Waals surface area contributed by atoms with Crippen molar-refractivity contribution >= 4 is 0 Å². The van der Waals surface area contributed by atoms with Gasteiger partial charge in [0.15, 0.2) is 0 Å². The lowest BCUT2D eigenvalue weighted by atomic mass is 10.2. The first-order valence-electron chi connectivity index (χ1n) is 5.75. The number of hydrogen-bond acceptors (Lipinski definition) is 2. The van der Waals surface area contributed by atoms with E-state index in [-0.39, 0.29) is 6.10 Å². The van der Waals surface area contributed by atoms with E-state index in [9.17, 15) is 5.11 Å². The Morgan fingerprint density at radius 3 is 2.75 bits per heavy atom. The molecule has 0 aliphatic heterocycles. The largest absolute Gasteiger partial charge is 0.393 e. The van der Waals surface area contributed by atoms with Gasteiger partial charge < -0.3 is 10.4 Å². The molecule has 0 bridgehead atoms. The lowest BCUT2D eigenvalue weighted by molar-refractivity contribution is 0.160. The molecular weight excluding hydrogens is 198 g/mol. The zero-order chi connectivity index (χ0) is 11.6. The lowest BCUT2D eigenvalue weighted by Crippen LogP contribution is -2.20. The maximum Gasteiger partial charge on any atom is 0.0580 e. The van der Waals surface area contributed by atoms with Crippen LogP contribution in [0.4, 0.5) is 0 Å². The second kappa shape index (κ2) is 7.92. The van der Waals surface area contributed by atoms with E-state index in [1.165, 1.54) is 0 Å². The molecule has 0 aliphatic rings. The number of benzene rings is 1. The molecule has 0 saturated carbocycles. The normalized spacial score (nSPS) is 11.6. The van der Waals surface area contributed by atoms with E-state index < -0.39 is 0 Å². The SMILES string of the molecule is CCC(O)CCNCC#Cc1ccccc1. The second-order valence-electron chi connectivity index (χ2n) is 3.70. The fraction of sp³-hybridized carbons (Fsp3) is 0.429. The van der Waals surface area contributed by atoms with Gasteiger partial charge in [-0.3, -0.25) is 0 Å². The molecule has 1 atom stereocenters. The van der Waals surface area contributed by atoms with Crippen molar-refractivity contribution < 1.29 is 5.11 Å². The van der Waals surface area contributed by atoms with E-state index in [0.29, 0.717) is 6.54 Å². The van der Waals surface area contributed by atoms with Crippen LogP contribution < -0.4 is 5.32 Å². The molecule has 16 heavy (non-hydrogen) atoms. The Hall–Kier alpha value is -1.30. The van der Waals surface area contributed by atoms with Gasteiger partial charge in [-0.2, -0.15) is 0 Å². The zero-order valence-electron chi connectivity index (χ0n) is 9.74. The van der Waals surface area contributed by atoms with Crippen molar-refractivity contribution in [1.82, 2.24) is 5.32 Å². The minimum absolute atomic E-state index is 0.186. The molecule has 1 aromatic carbocycles. The molecule has 1 rings (SSSR count). The van der Waals surface area contributed by atoms with Gasteiger partial charge >= 0.3 is 0 Å². The summed E-state index contributed by atoms with van der Waals surface area (Å²) in [6.07, 6.45) is 1.43. The van der Waals surface area contributed by atoms with E-state index >= 15 is 0 Å². The predicted molar refractivity (Wildman–Crippen MR) is 67.1 cm³/mol. The van der Waals surface area contributed by atoms with Crippen molar-refractivity contribution in [3.63, 3.8) is 0 Å².